The summed E-state index contributed by atoms with van der Waals surface area (Å²) in [6.07, 6.45) is -2.75. The summed E-state index contributed by atoms with van der Waals surface area (Å²) < 4.78 is 44.1. The molecule has 6 nitrogen and oxygen atoms in total. The van der Waals surface area contributed by atoms with E-state index in [2.05, 4.69) is 10.3 Å². The number of likely N-dealkylation sites (tertiary alicyclic amines) is 1. The molecule has 31 heavy (non-hydrogen) atoms. The Labute approximate surface area is 178 Å². The highest BCUT2D eigenvalue weighted by atomic mass is 19.4. The van der Waals surface area contributed by atoms with Gasteiger partial charge in [-0.25, -0.2) is 0 Å². The van der Waals surface area contributed by atoms with E-state index in [1.54, 1.807) is 13.3 Å². The number of carbonyl (C=O) groups is 2. The van der Waals surface area contributed by atoms with Crippen molar-refractivity contribution in [3.8, 4) is 5.75 Å². The molecule has 1 unspecified atom stereocenters. The third-order valence-electron chi connectivity index (χ3n) is 5.39. The number of hydrogen-bond donors (Lipinski definition) is 1. The van der Waals surface area contributed by atoms with Gasteiger partial charge in [-0.15, -0.1) is 0 Å². The van der Waals surface area contributed by atoms with E-state index in [0.717, 1.165) is 23.3 Å². The molecule has 1 aliphatic heterocycles. The molecule has 2 aromatic rings. The maximum atomic E-state index is 12.9. The lowest BCUT2D eigenvalue weighted by Gasteiger charge is -2.18. The number of methoxy groups -OCH3 is 1. The molecule has 1 N–H and O–H groups in total. The third-order valence-corrected chi connectivity index (χ3v) is 5.39. The molecule has 0 aliphatic carbocycles. The number of alkyl halides is 3. The van der Waals surface area contributed by atoms with Crippen molar-refractivity contribution < 1.29 is 27.5 Å². The number of aromatic nitrogens is 1. The fourth-order valence-electron chi connectivity index (χ4n) is 3.73. The van der Waals surface area contributed by atoms with Crippen LogP contribution in [0.15, 0.2) is 30.5 Å². The van der Waals surface area contributed by atoms with E-state index in [9.17, 15) is 22.8 Å². The molecule has 1 aromatic heterocycles. The molecule has 1 aromatic carbocycles. The minimum absolute atomic E-state index is 0.0222. The number of rotatable bonds is 6. The Balaban J connectivity index is 1.61. The van der Waals surface area contributed by atoms with Gasteiger partial charge in [0, 0.05) is 36.8 Å². The molecule has 0 radical (unpaired) electrons. The Morgan fingerprint density at radius 2 is 2.06 bits per heavy atom. The number of benzene rings is 1. The van der Waals surface area contributed by atoms with E-state index in [0.29, 0.717) is 17.0 Å². The van der Waals surface area contributed by atoms with Gasteiger partial charge in [-0.05, 0) is 31.5 Å². The van der Waals surface area contributed by atoms with Gasteiger partial charge in [0.1, 0.15) is 5.75 Å². The fraction of sp³-hybridized carbons (Fsp3) is 0.409. The van der Waals surface area contributed by atoms with Crippen LogP contribution in [0.5, 0.6) is 5.75 Å². The lowest BCUT2D eigenvalue weighted by Crippen LogP contribution is -2.33. The molecule has 0 spiro atoms. The summed E-state index contributed by atoms with van der Waals surface area (Å²) in [4.78, 5) is 30.7. The number of amides is 2. The Hall–Kier alpha value is -3.10. The highest BCUT2D eigenvalue weighted by molar-refractivity contribution is 5.89. The molecule has 9 heteroatoms. The Kier molecular flexibility index (Phi) is 6.52. The van der Waals surface area contributed by atoms with Gasteiger partial charge < -0.3 is 15.0 Å². The van der Waals surface area contributed by atoms with Crippen LogP contribution in [0.4, 0.5) is 13.2 Å². The molecule has 0 bridgehead atoms. The zero-order chi connectivity index (χ0) is 22.8. The maximum absolute atomic E-state index is 12.9. The molecular formula is C22H24F3N3O3. The molecule has 3 rings (SSSR count). The average molecular weight is 435 g/mol. The second-order valence-electron chi connectivity index (χ2n) is 7.64. The van der Waals surface area contributed by atoms with Crippen LogP contribution in [0.3, 0.4) is 0 Å². The van der Waals surface area contributed by atoms with Gasteiger partial charge in [-0.2, -0.15) is 13.2 Å². The van der Waals surface area contributed by atoms with Crippen LogP contribution in [0.25, 0.3) is 0 Å². The Morgan fingerprint density at radius 3 is 2.74 bits per heavy atom. The lowest BCUT2D eigenvalue weighted by molar-refractivity contribution is -0.137. The highest BCUT2D eigenvalue weighted by Crippen LogP contribution is 2.30. The smallest absolute Gasteiger partial charge is 0.416 e. The van der Waals surface area contributed by atoms with Crippen LogP contribution < -0.4 is 10.1 Å². The first-order chi connectivity index (χ1) is 14.6. The SMILES string of the molecule is COc1c(C)cnc(CNC(=O)C2CC(=O)N(Cc3cccc(C(F)(F)F)c3)C2)c1C. The van der Waals surface area contributed by atoms with Gasteiger partial charge in [0.15, 0.2) is 0 Å². The molecule has 0 saturated carbocycles. The predicted octanol–water partition coefficient (Wildman–Crippen LogP) is 3.39. The first kappa shape index (κ1) is 22.6. The number of nitrogens with one attached hydrogen (secondary N) is 1. The van der Waals surface area contributed by atoms with Crippen molar-refractivity contribution in [3.63, 3.8) is 0 Å². The van der Waals surface area contributed by atoms with E-state index in [4.69, 9.17) is 4.74 Å². The van der Waals surface area contributed by atoms with Crippen molar-refractivity contribution in [3.05, 3.63) is 58.4 Å². The number of ether oxygens (including phenoxy) is 1. The second-order valence-corrected chi connectivity index (χ2v) is 7.64. The van der Waals surface area contributed by atoms with Gasteiger partial charge in [-0.3, -0.25) is 14.6 Å². The summed E-state index contributed by atoms with van der Waals surface area (Å²) >= 11 is 0. The van der Waals surface area contributed by atoms with E-state index < -0.39 is 17.7 Å². The third kappa shape index (κ3) is 5.15. The van der Waals surface area contributed by atoms with Crippen molar-refractivity contribution >= 4 is 11.8 Å². The van der Waals surface area contributed by atoms with Crippen molar-refractivity contribution in [1.82, 2.24) is 15.2 Å². The standard InChI is InChI=1S/C22H24F3N3O3/c1-13-9-26-18(14(2)20(13)31-3)10-27-21(30)16-8-19(29)28(12-16)11-15-5-4-6-17(7-15)22(23,24)25/h4-7,9,16H,8,10-12H2,1-3H3,(H,27,30). The van der Waals surface area contributed by atoms with Crippen LogP contribution in [-0.4, -0.2) is 35.4 Å². The number of carbonyl (C=O) groups excluding carboxylic acids is 2. The number of hydrogen-bond acceptors (Lipinski definition) is 4. The molecular weight excluding hydrogens is 411 g/mol. The minimum Gasteiger partial charge on any atom is -0.496 e. The summed E-state index contributed by atoms with van der Waals surface area (Å²) in [5.41, 5.74) is 2.00. The average Bonchev–Trinajstić information content (AvgIpc) is 3.07. The first-order valence-electron chi connectivity index (χ1n) is 9.80. The van der Waals surface area contributed by atoms with Gasteiger partial charge in [-0.1, -0.05) is 12.1 Å². The van der Waals surface area contributed by atoms with E-state index in [1.807, 2.05) is 13.8 Å². The van der Waals surface area contributed by atoms with Crippen LogP contribution in [0.2, 0.25) is 0 Å². The van der Waals surface area contributed by atoms with Crippen molar-refractivity contribution in [2.24, 2.45) is 5.92 Å². The molecule has 1 atom stereocenters. The lowest BCUT2D eigenvalue weighted by atomic mass is 10.1. The summed E-state index contributed by atoms with van der Waals surface area (Å²) in [5.74, 6) is -0.405. The zero-order valence-corrected chi connectivity index (χ0v) is 17.5. The molecule has 1 aliphatic rings. The maximum Gasteiger partial charge on any atom is 0.416 e. The van der Waals surface area contributed by atoms with Crippen molar-refractivity contribution in [1.29, 1.82) is 0 Å². The molecule has 2 heterocycles. The van der Waals surface area contributed by atoms with Crippen molar-refractivity contribution in [2.75, 3.05) is 13.7 Å². The second kappa shape index (κ2) is 8.95. The van der Waals surface area contributed by atoms with Crippen LogP contribution in [0.1, 0.15) is 34.4 Å². The summed E-state index contributed by atoms with van der Waals surface area (Å²) in [7, 11) is 1.57. The van der Waals surface area contributed by atoms with E-state index in [1.165, 1.54) is 17.0 Å². The van der Waals surface area contributed by atoms with Gasteiger partial charge in [0.2, 0.25) is 11.8 Å². The number of nitrogens with zero attached hydrogens (tertiary/aromatic N) is 2. The van der Waals surface area contributed by atoms with E-state index >= 15 is 0 Å². The zero-order valence-electron chi connectivity index (χ0n) is 17.5. The predicted molar refractivity (Wildman–Crippen MR) is 107 cm³/mol. The Bertz CT molecular complexity index is 992. The highest BCUT2D eigenvalue weighted by Gasteiger charge is 2.35. The quantitative estimate of drug-likeness (QED) is 0.755. The van der Waals surface area contributed by atoms with Crippen LogP contribution >= 0.6 is 0 Å². The molecule has 1 saturated heterocycles. The fourth-order valence-corrected chi connectivity index (χ4v) is 3.73. The number of aryl methyl sites for hydroxylation is 1. The molecule has 2 amide bonds. The van der Waals surface area contributed by atoms with Crippen molar-refractivity contribution in [2.45, 2.75) is 39.5 Å². The molecule has 1 fully saturated rings. The number of halogens is 3. The summed E-state index contributed by atoms with van der Waals surface area (Å²) in [5, 5.41) is 2.80. The monoisotopic (exact) mass is 435 g/mol. The van der Waals surface area contributed by atoms with Crippen LogP contribution in [0, 0.1) is 19.8 Å². The topological polar surface area (TPSA) is 71.5 Å². The first-order valence-corrected chi connectivity index (χ1v) is 9.80. The van der Waals surface area contributed by atoms with E-state index in [-0.39, 0.29) is 37.9 Å². The summed E-state index contributed by atoms with van der Waals surface area (Å²) in [6.45, 7) is 4.12. The van der Waals surface area contributed by atoms with Gasteiger partial charge >= 0.3 is 6.18 Å². The van der Waals surface area contributed by atoms with Crippen LogP contribution in [-0.2, 0) is 28.9 Å². The van der Waals surface area contributed by atoms with Gasteiger partial charge in [0.05, 0.1) is 30.8 Å². The Morgan fingerprint density at radius 1 is 1.32 bits per heavy atom. The largest absolute Gasteiger partial charge is 0.496 e. The normalized spacial score (nSPS) is 16.5. The minimum atomic E-state index is -4.45. The van der Waals surface area contributed by atoms with Gasteiger partial charge in [0.25, 0.3) is 0 Å². The summed E-state index contributed by atoms with van der Waals surface area (Å²) in [6, 6.07) is 4.87. The molecule has 166 valence electrons. The number of pyridine rings is 1.